The van der Waals surface area contributed by atoms with Gasteiger partial charge in [-0.25, -0.2) is 0 Å². The van der Waals surface area contributed by atoms with E-state index in [0.717, 1.165) is 25.7 Å². The number of aryl methyl sites for hydroxylation is 1. The molecule has 0 aromatic heterocycles. The molecule has 0 unspecified atom stereocenters. The lowest BCUT2D eigenvalue weighted by Crippen LogP contribution is -2.19. The number of nitro benzene ring substituents is 1. The molecule has 0 saturated heterocycles. The normalized spacial score (nSPS) is 15.4. The molecule has 1 aliphatic rings. The number of para-hydroxylation sites is 1. The number of nitrogens with zero attached hydrogens (tertiary/aromatic N) is 1. The van der Waals surface area contributed by atoms with Crippen LogP contribution in [0, 0.1) is 23.0 Å². The second kappa shape index (κ2) is 5.82. The van der Waals surface area contributed by atoms with Gasteiger partial charge in [0.05, 0.1) is 4.92 Å². The van der Waals surface area contributed by atoms with Crippen molar-refractivity contribution in [2.45, 2.75) is 32.6 Å². The van der Waals surface area contributed by atoms with Crippen LogP contribution in [0.25, 0.3) is 0 Å². The fourth-order valence-corrected chi connectivity index (χ4v) is 2.50. The van der Waals surface area contributed by atoms with Crippen LogP contribution in [0.1, 0.15) is 31.2 Å². The van der Waals surface area contributed by atoms with Crippen molar-refractivity contribution >= 4 is 11.5 Å². The monoisotopic (exact) mass is 263 g/mol. The van der Waals surface area contributed by atoms with Crippen LogP contribution in [0.3, 0.4) is 0 Å². The van der Waals surface area contributed by atoms with Crippen molar-refractivity contribution in [2.24, 2.45) is 5.92 Å². The van der Waals surface area contributed by atoms with Crippen LogP contribution in [0.15, 0.2) is 18.2 Å². The van der Waals surface area contributed by atoms with Gasteiger partial charge in [-0.2, -0.15) is 0 Å². The standard InChI is InChI=1S/C14H17NO4/c1-10-5-4-8-13(14(10)15(17)18)19-9-12(16)11-6-2-3-7-11/h4-5,8,11H,2-3,6-7,9H2,1H3. The molecule has 0 amide bonds. The highest BCUT2D eigenvalue weighted by Gasteiger charge is 2.24. The lowest BCUT2D eigenvalue weighted by molar-refractivity contribution is -0.386. The van der Waals surface area contributed by atoms with Crippen molar-refractivity contribution < 1.29 is 14.5 Å². The van der Waals surface area contributed by atoms with Crippen LogP contribution in [0.5, 0.6) is 5.75 Å². The highest BCUT2D eigenvalue weighted by atomic mass is 16.6. The first-order chi connectivity index (χ1) is 9.09. The van der Waals surface area contributed by atoms with Crippen LogP contribution in [-0.2, 0) is 4.79 Å². The number of Topliss-reactive ketones (excluding diaryl/α,β-unsaturated/α-hetero) is 1. The van der Waals surface area contributed by atoms with E-state index in [0.29, 0.717) is 5.56 Å². The molecule has 0 atom stereocenters. The Labute approximate surface area is 111 Å². The molecule has 0 spiro atoms. The fourth-order valence-electron chi connectivity index (χ4n) is 2.50. The van der Waals surface area contributed by atoms with E-state index in [1.807, 2.05) is 0 Å². The maximum absolute atomic E-state index is 11.9. The summed E-state index contributed by atoms with van der Waals surface area (Å²) in [5.41, 5.74) is 0.484. The predicted octanol–water partition coefficient (Wildman–Crippen LogP) is 3.04. The van der Waals surface area contributed by atoms with Crippen LogP contribution in [0.2, 0.25) is 0 Å². The molecule has 1 fully saturated rings. The van der Waals surface area contributed by atoms with Gasteiger partial charge in [0.25, 0.3) is 0 Å². The molecule has 1 aromatic rings. The first kappa shape index (κ1) is 13.5. The Morgan fingerprint density at radius 1 is 1.42 bits per heavy atom. The SMILES string of the molecule is Cc1cccc(OCC(=O)C2CCCC2)c1[N+](=O)[O-]. The van der Waals surface area contributed by atoms with E-state index in [2.05, 4.69) is 0 Å². The number of nitro groups is 1. The van der Waals surface area contributed by atoms with Gasteiger partial charge in [0.2, 0.25) is 0 Å². The molecule has 0 N–H and O–H groups in total. The topological polar surface area (TPSA) is 69.4 Å². The Hall–Kier alpha value is -1.91. The smallest absolute Gasteiger partial charge is 0.313 e. The number of benzene rings is 1. The summed E-state index contributed by atoms with van der Waals surface area (Å²) in [5, 5.41) is 11.0. The van der Waals surface area contributed by atoms with Crippen molar-refractivity contribution in [1.82, 2.24) is 0 Å². The largest absolute Gasteiger partial charge is 0.479 e. The maximum Gasteiger partial charge on any atom is 0.313 e. The summed E-state index contributed by atoms with van der Waals surface area (Å²) in [6.07, 6.45) is 4.00. The number of ether oxygens (including phenoxy) is 1. The lowest BCUT2D eigenvalue weighted by Gasteiger charge is -2.10. The van der Waals surface area contributed by atoms with Crippen LogP contribution in [-0.4, -0.2) is 17.3 Å². The van der Waals surface area contributed by atoms with E-state index in [4.69, 9.17) is 4.74 Å². The first-order valence-corrected chi connectivity index (χ1v) is 6.49. The van der Waals surface area contributed by atoms with Gasteiger partial charge in [0, 0.05) is 11.5 Å². The number of hydrogen-bond acceptors (Lipinski definition) is 4. The third-order valence-corrected chi connectivity index (χ3v) is 3.56. The number of rotatable bonds is 5. The Morgan fingerprint density at radius 2 is 2.11 bits per heavy atom. The van der Waals surface area contributed by atoms with Crippen LogP contribution >= 0.6 is 0 Å². The summed E-state index contributed by atoms with van der Waals surface area (Å²) in [7, 11) is 0. The van der Waals surface area contributed by atoms with Gasteiger partial charge in [-0.3, -0.25) is 14.9 Å². The second-order valence-electron chi connectivity index (χ2n) is 4.92. The summed E-state index contributed by atoms with van der Waals surface area (Å²) < 4.78 is 5.36. The van der Waals surface area contributed by atoms with Crippen molar-refractivity contribution in [3.63, 3.8) is 0 Å². The molecule has 0 bridgehead atoms. The number of carbonyl (C=O) groups excluding carboxylic acids is 1. The minimum absolute atomic E-state index is 0.0494. The summed E-state index contributed by atoms with van der Waals surface area (Å²) >= 11 is 0. The minimum Gasteiger partial charge on any atom is -0.479 e. The molecule has 1 saturated carbocycles. The molecule has 2 rings (SSSR count). The van der Waals surface area contributed by atoms with Gasteiger partial charge in [0.1, 0.15) is 6.61 Å². The zero-order chi connectivity index (χ0) is 13.8. The van der Waals surface area contributed by atoms with E-state index >= 15 is 0 Å². The van der Waals surface area contributed by atoms with Gasteiger partial charge < -0.3 is 4.74 Å². The van der Waals surface area contributed by atoms with Crippen molar-refractivity contribution in [2.75, 3.05) is 6.61 Å². The van der Waals surface area contributed by atoms with E-state index in [1.165, 1.54) is 6.07 Å². The molecule has 19 heavy (non-hydrogen) atoms. The molecule has 1 aliphatic carbocycles. The third-order valence-electron chi connectivity index (χ3n) is 3.56. The van der Waals surface area contributed by atoms with Gasteiger partial charge in [-0.15, -0.1) is 0 Å². The Morgan fingerprint density at radius 3 is 2.74 bits per heavy atom. The van der Waals surface area contributed by atoms with Crippen LogP contribution in [0.4, 0.5) is 5.69 Å². The zero-order valence-electron chi connectivity index (χ0n) is 10.9. The average molecular weight is 263 g/mol. The molecule has 5 nitrogen and oxygen atoms in total. The van der Waals surface area contributed by atoms with Gasteiger partial charge >= 0.3 is 5.69 Å². The van der Waals surface area contributed by atoms with Gasteiger partial charge in [0.15, 0.2) is 11.5 Å². The highest BCUT2D eigenvalue weighted by molar-refractivity contribution is 5.82. The first-order valence-electron chi connectivity index (χ1n) is 6.49. The van der Waals surface area contributed by atoms with Crippen molar-refractivity contribution in [3.05, 3.63) is 33.9 Å². The lowest BCUT2D eigenvalue weighted by atomic mass is 10.0. The summed E-state index contributed by atoms with van der Waals surface area (Å²) in [6.45, 7) is 1.58. The third kappa shape index (κ3) is 3.10. The van der Waals surface area contributed by atoms with Crippen LogP contribution < -0.4 is 4.74 Å². The van der Waals surface area contributed by atoms with Gasteiger partial charge in [-0.05, 0) is 25.8 Å². The number of ketones is 1. The zero-order valence-corrected chi connectivity index (χ0v) is 10.9. The van der Waals surface area contributed by atoms with Crippen molar-refractivity contribution in [1.29, 1.82) is 0 Å². The quantitative estimate of drug-likeness (QED) is 0.604. The Kier molecular flexibility index (Phi) is 4.14. The van der Waals surface area contributed by atoms with E-state index in [1.54, 1.807) is 19.1 Å². The molecule has 1 aromatic carbocycles. The number of hydrogen-bond donors (Lipinski definition) is 0. The maximum atomic E-state index is 11.9. The molecular formula is C14H17NO4. The molecule has 0 aliphatic heterocycles. The minimum atomic E-state index is -0.468. The Bertz CT molecular complexity index is 492. The van der Waals surface area contributed by atoms with E-state index in [-0.39, 0.29) is 29.7 Å². The Balaban J connectivity index is 2.05. The highest BCUT2D eigenvalue weighted by Crippen LogP contribution is 2.31. The van der Waals surface area contributed by atoms with Crippen molar-refractivity contribution in [3.8, 4) is 5.75 Å². The predicted molar refractivity (Wildman–Crippen MR) is 70.3 cm³/mol. The second-order valence-corrected chi connectivity index (χ2v) is 4.92. The molecule has 5 heteroatoms. The summed E-state index contributed by atoms with van der Waals surface area (Å²) in [6, 6.07) is 4.88. The summed E-state index contributed by atoms with van der Waals surface area (Å²) in [5.74, 6) is 0.300. The fraction of sp³-hybridized carbons (Fsp3) is 0.500. The molecular weight excluding hydrogens is 246 g/mol. The number of carbonyl (C=O) groups is 1. The molecule has 0 radical (unpaired) electrons. The summed E-state index contributed by atoms with van der Waals surface area (Å²) in [4.78, 5) is 22.4. The molecule has 102 valence electrons. The molecule has 0 heterocycles. The average Bonchev–Trinajstić information content (AvgIpc) is 2.89. The van der Waals surface area contributed by atoms with Gasteiger partial charge in [-0.1, -0.05) is 25.0 Å². The van der Waals surface area contributed by atoms with E-state index in [9.17, 15) is 14.9 Å². The van der Waals surface area contributed by atoms with E-state index < -0.39 is 4.92 Å².